The highest BCUT2D eigenvalue weighted by molar-refractivity contribution is 7.80. The minimum absolute atomic E-state index is 0.578. The second-order valence-corrected chi connectivity index (χ2v) is 8.24. The first kappa shape index (κ1) is 20.6. The molecule has 1 heterocycles. The van der Waals surface area contributed by atoms with Crippen LogP contribution in [0.3, 0.4) is 0 Å². The van der Waals surface area contributed by atoms with Gasteiger partial charge in [-0.05, 0) is 42.3 Å². The van der Waals surface area contributed by atoms with Gasteiger partial charge in [0.05, 0.1) is 0 Å². The zero-order valence-electron chi connectivity index (χ0n) is 17.5. The zero-order valence-corrected chi connectivity index (χ0v) is 18.3. The molecule has 30 heavy (non-hydrogen) atoms. The average molecular weight is 417 g/mol. The third-order valence-electron chi connectivity index (χ3n) is 5.50. The van der Waals surface area contributed by atoms with Crippen LogP contribution < -0.4 is 4.74 Å². The zero-order chi connectivity index (χ0) is 20.8. The second kappa shape index (κ2) is 9.88. The Hall–Kier alpha value is -2.69. The van der Waals surface area contributed by atoms with Crippen molar-refractivity contribution in [1.82, 2.24) is 9.80 Å². The van der Waals surface area contributed by atoms with Crippen molar-refractivity contribution in [3.05, 3.63) is 101 Å². The van der Waals surface area contributed by atoms with Gasteiger partial charge in [-0.25, -0.2) is 0 Å². The molecule has 0 N–H and O–H groups in total. The van der Waals surface area contributed by atoms with E-state index in [2.05, 4.69) is 83.5 Å². The van der Waals surface area contributed by atoms with Crippen LogP contribution >= 0.6 is 12.2 Å². The van der Waals surface area contributed by atoms with Gasteiger partial charge in [-0.2, -0.15) is 0 Å². The van der Waals surface area contributed by atoms with Gasteiger partial charge in [0, 0.05) is 38.3 Å². The van der Waals surface area contributed by atoms with Crippen LogP contribution in [0.25, 0.3) is 0 Å². The summed E-state index contributed by atoms with van der Waals surface area (Å²) in [5.74, 6) is 0.871. The van der Waals surface area contributed by atoms with E-state index in [-0.39, 0.29) is 0 Å². The van der Waals surface area contributed by atoms with Crippen LogP contribution in [0.5, 0.6) is 5.75 Å². The number of benzene rings is 3. The quantitative estimate of drug-likeness (QED) is 0.521. The third-order valence-corrected chi connectivity index (χ3v) is 5.99. The van der Waals surface area contributed by atoms with Crippen LogP contribution in [-0.2, 0) is 13.2 Å². The molecule has 0 amide bonds. The average Bonchev–Trinajstić information content (AvgIpc) is 2.79. The molecule has 0 atom stereocenters. The predicted octanol–water partition coefficient (Wildman–Crippen LogP) is 5.07. The summed E-state index contributed by atoms with van der Waals surface area (Å²) in [6, 6.07) is 27.3. The van der Waals surface area contributed by atoms with E-state index in [1.807, 2.05) is 12.1 Å². The molecule has 3 aromatic carbocycles. The summed E-state index contributed by atoms with van der Waals surface area (Å²) in [6.45, 7) is 7.69. The number of rotatable bonds is 6. The van der Waals surface area contributed by atoms with Gasteiger partial charge >= 0.3 is 0 Å². The van der Waals surface area contributed by atoms with E-state index in [4.69, 9.17) is 17.0 Å². The van der Waals surface area contributed by atoms with Gasteiger partial charge in [-0.15, -0.1) is 0 Å². The number of ether oxygens (including phenoxy) is 1. The smallest absolute Gasteiger partial charge is 0.119 e. The lowest BCUT2D eigenvalue weighted by atomic mass is 10.1. The Kier molecular flexibility index (Phi) is 6.77. The Morgan fingerprint density at radius 3 is 2.23 bits per heavy atom. The highest BCUT2D eigenvalue weighted by Crippen LogP contribution is 2.18. The maximum atomic E-state index is 5.93. The van der Waals surface area contributed by atoms with Crippen molar-refractivity contribution in [2.45, 2.75) is 20.1 Å². The summed E-state index contributed by atoms with van der Waals surface area (Å²) < 4.78 is 5.93. The monoisotopic (exact) mass is 416 g/mol. The van der Waals surface area contributed by atoms with E-state index < -0.39 is 0 Å². The topological polar surface area (TPSA) is 15.7 Å². The molecular formula is C26H28N2OS. The van der Waals surface area contributed by atoms with Crippen molar-refractivity contribution >= 4 is 17.2 Å². The molecule has 0 saturated carbocycles. The SMILES string of the molecule is Cc1cccc(COc2ccc(C(=S)N3CCN(Cc4ccccc4)CC3)cc2)c1. The van der Waals surface area contributed by atoms with Crippen LogP contribution in [-0.4, -0.2) is 41.0 Å². The summed E-state index contributed by atoms with van der Waals surface area (Å²) in [7, 11) is 0. The molecule has 0 radical (unpaired) electrons. The largest absolute Gasteiger partial charge is 0.489 e. The summed E-state index contributed by atoms with van der Waals surface area (Å²) in [4.78, 5) is 5.75. The molecule has 1 fully saturated rings. The number of hydrogen-bond donors (Lipinski definition) is 0. The summed E-state index contributed by atoms with van der Waals surface area (Å²) in [5.41, 5.74) is 4.89. The third kappa shape index (κ3) is 5.47. The minimum atomic E-state index is 0.578. The van der Waals surface area contributed by atoms with E-state index in [0.717, 1.165) is 49.0 Å². The first-order chi connectivity index (χ1) is 14.7. The van der Waals surface area contributed by atoms with Gasteiger partial charge in [-0.1, -0.05) is 72.4 Å². The van der Waals surface area contributed by atoms with Crippen LogP contribution in [0.4, 0.5) is 0 Å². The molecular weight excluding hydrogens is 388 g/mol. The van der Waals surface area contributed by atoms with Crippen LogP contribution in [0.15, 0.2) is 78.9 Å². The lowest BCUT2D eigenvalue weighted by Gasteiger charge is -2.36. The molecule has 4 rings (SSSR count). The summed E-state index contributed by atoms with van der Waals surface area (Å²) >= 11 is 5.77. The molecule has 1 aliphatic rings. The normalized spacial score (nSPS) is 14.5. The lowest BCUT2D eigenvalue weighted by Crippen LogP contribution is -2.47. The molecule has 1 aliphatic heterocycles. The summed E-state index contributed by atoms with van der Waals surface area (Å²) in [6.07, 6.45) is 0. The van der Waals surface area contributed by atoms with E-state index in [0.29, 0.717) is 6.61 Å². The van der Waals surface area contributed by atoms with Gasteiger partial charge in [0.1, 0.15) is 17.3 Å². The molecule has 0 aromatic heterocycles. The van der Waals surface area contributed by atoms with Gasteiger partial charge in [0.15, 0.2) is 0 Å². The van der Waals surface area contributed by atoms with Gasteiger partial charge in [0.2, 0.25) is 0 Å². The molecule has 3 nitrogen and oxygen atoms in total. The van der Waals surface area contributed by atoms with Crippen LogP contribution in [0.2, 0.25) is 0 Å². The molecule has 0 bridgehead atoms. The van der Waals surface area contributed by atoms with Gasteiger partial charge in [-0.3, -0.25) is 4.90 Å². The minimum Gasteiger partial charge on any atom is -0.489 e. The molecule has 0 spiro atoms. The predicted molar refractivity (Wildman–Crippen MR) is 127 cm³/mol. The molecule has 3 aromatic rings. The molecule has 1 saturated heterocycles. The first-order valence-electron chi connectivity index (χ1n) is 10.5. The van der Waals surface area contributed by atoms with Crippen molar-refractivity contribution in [2.75, 3.05) is 26.2 Å². The Morgan fingerprint density at radius 1 is 0.833 bits per heavy atom. The van der Waals surface area contributed by atoms with Gasteiger partial charge < -0.3 is 9.64 Å². The molecule has 0 aliphatic carbocycles. The maximum absolute atomic E-state index is 5.93. The number of hydrogen-bond acceptors (Lipinski definition) is 3. The standard InChI is InChI=1S/C26H28N2OS/c1-21-6-5-9-23(18-21)20-29-25-12-10-24(11-13-25)26(30)28-16-14-27(15-17-28)19-22-7-3-2-4-8-22/h2-13,18H,14-17,19-20H2,1H3. The van der Waals surface area contributed by atoms with Crippen molar-refractivity contribution in [2.24, 2.45) is 0 Å². The fourth-order valence-corrected chi connectivity index (χ4v) is 4.11. The number of thiocarbonyl (C=S) groups is 1. The van der Waals surface area contributed by atoms with E-state index in [1.165, 1.54) is 16.7 Å². The van der Waals surface area contributed by atoms with Crippen LogP contribution in [0, 0.1) is 6.92 Å². The molecule has 154 valence electrons. The number of piperazine rings is 1. The number of aryl methyl sites for hydroxylation is 1. The highest BCUT2D eigenvalue weighted by atomic mass is 32.1. The van der Waals surface area contributed by atoms with E-state index >= 15 is 0 Å². The first-order valence-corrected chi connectivity index (χ1v) is 10.9. The second-order valence-electron chi connectivity index (χ2n) is 7.86. The Balaban J connectivity index is 1.27. The Labute approximate surface area is 184 Å². The maximum Gasteiger partial charge on any atom is 0.119 e. The Bertz CT molecular complexity index is 964. The van der Waals surface area contributed by atoms with E-state index in [9.17, 15) is 0 Å². The molecule has 0 unspecified atom stereocenters. The summed E-state index contributed by atoms with van der Waals surface area (Å²) in [5, 5.41) is 0. The van der Waals surface area contributed by atoms with Crippen molar-refractivity contribution in [3.8, 4) is 5.75 Å². The highest BCUT2D eigenvalue weighted by Gasteiger charge is 2.19. The van der Waals surface area contributed by atoms with Crippen LogP contribution in [0.1, 0.15) is 22.3 Å². The van der Waals surface area contributed by atoms with Crippen molar-refractivity contribution < 1.29 is 4.74 Å². The number of nitrogens with zero attached hydrogens (tertiary/aromatic N) is 2. The van der Waals surface area contributed by atoms with E-state index in [1.54, 1.807) is 0 Å². The van der Waals surface area contributed by atoms with Gasteiger partial charge in [0.25, 0.3) is 0 Å². The fourth-order valence-electron chi connectivity index (χ4n) is 3.80. The van der Waals surface area contributed by atoms with Crippen molar-refractivity contribution in [3.63, 3.8) is 0 Å². The lowest BCUT2D eigenvalue weighted by molar-refractivity contribution is 0.177. The van der Waals surface area contributed by atoms with Crippen molar-refractivity contribution in [1.29, 1.82) is 0 Å². The fraction of sp³-hybridized carbons (Fsp3) is 0.269. The molecule has 4 heteroatoms. The Morgan fingerprint density at radius 2 is 1.53 bits per heavy atom.